The van der Waals surface area contributed by atoms with Crippen molar-refractivity contribution in [3.63, 3.8) is 0 Å². The molecule has 2 nitrogen and oxygen atoms in total. The molecule has 2 atom stereocenters. The van der Waals surface area contributed by atoms with Crippen LogP contribution >= 0.6 is 11.6 Å². The molecule has 1 fully saturated rings. The van der Waals surface area contributed by atoms with E-state index in [1.165, 1.54) is 11.1 Å². The molecule has 0 aliphatic carbocycles. The molecule has 0 bridgehead atoms. The van der Waals surface area contributed by atoms with Crippen molar-refractivity contribution < 1.29 is 9.47 Å². The van der Waals surface area contributed by atoms with Gasteiger partial charge in [0.15, 0.2) is 0 Å². The van der Waals surface area contributed by atoms with Gasteiger partial charge < -0.3 is 9.47 Å². The molecular weight excluding hydrogens is 224 g/mol. The number of alkyl halides is 1. The Hall–Kier alpha value is -0.730. The minimum atomic E-state index is 0.0495. The molecule has 0 spiro atoms. The minimum Gasteiger partial charge on any atom is -0.497 e. The summed E-state index contributed by atoms with van der Waals surface area (Å²) in [6.45, 7) is 3.69. The lowest BCUT2D eigenvalue weighted by molar-refractivity contribution is 0.185. The van der Waals surface area contributed by atoms with Crippen LogP contribution in [0.25, 0.3) is 0 Å². The van der Waals surface area contributed by atoms with Gasteiger partial charge in [-0.2, -0.15) is 0 Å². The Balaban J connectivity index is 2.19. The Morgan fingerprint density at radius 2 is 2.31 bits per heavy atom. The molecule has 0 saturated carbocycles. The normalized spacial score (nSPS) is 22.1. The van der Waals surface area contributed by atoms with Crippen LogP contribution in [0.1, 0.15) is 22.9 Å². The third kappa shape index (κ3) is 2.33. The SMILES string of the molecule is COc1ccc(C(Cl)C2CCOC2)c(C)c1. The first-order chi connectivity index (χ1) is 7.72. The first-order valence-electron chi connectivity index (χ1n) is 5.58. The monoisotopic (exact) mass is 240 g/mol. The number of aryl methyl sites for hydroxylation is 1. The molecule has 2 rings (SSSR count). The van der Waals surface area contributed by atoms with Gasteiger partial charge in [-0.15, -0.1) is 11.6 Å². The molecule has 0 amide bonds. The van der Waals surface area contributed by atoms with Crippen molar-refractivity contribution in [2.75, 3.05) is 20.3 Å². The van der Waals surface area contributed by atoms with E-state index in [1.54, 1.807) is 7.11 Å². The van der Waals surface area contributed by atoms with Crippen LogP contribution in [0.3, 0.4) is 0 Å². The zero-order valence-corrected chi connectivity index (χ0v) is 10.5. The second kappa shape index (κ2) is 5.07. The maximum atomic E-state index is 6.49. The molecule has 2 unspecified atom stereocenters. The van der Waals surface area contributed by atoms with Crippen molar-refractivity contribution in [2.24, 2.45) is 5.92 Å². The van der Waals surface area contributed by atoms with E-state index in [-0.39, 0.29) is 5.38 Å². The van der Waals surface area contributed by atoms with Gasteiger partial charge in [0.2, 0.25) is 0 Å². The van der Waals surface area contributed by atoms with E-state index >= 15 is 0 Å². The molecule has 3 heteroatoms. The first kappa shape index (κ1) is 11.7. The molecule has 1 heterocycles. The highest BCUT2D eigenvalue weighted by Crippen LogP contribution is 2.36. The number of rotatable bonds is 3. The summed E-state index contributed by atoms with van der Waals surface area (Å²) in [6.07, 6.45) is 1.06. The van der Waals surface area contributed by atoms with Gasteiger partial charge in [0, 0.05) is 12.5 Å². The molecule has 1 aromatic carbocycles. The molecule has 1 aliphatic rings. The summed E-state index contributed by atoms with van der Waals surface area (Å²) in [7, 11) is 1.68. The third-order valence-corrected chi connectivity index (χ3v) is 3.74. The number of benzene rings is 1. The first-order valence-corrected chi connectivity index (χ1v) is 6.02. The van der Waals surface area contributed by atoms with Crippen molar-refractivity contribution >= 4 is 11.6 Å². The van der Waals surface area contributed by atoms with Gasteiger partial charge in [0.1, 0.15) is 5.75 Å². The van der Waals surface area contributed by atoms with Crippen molar-refractivity contribution in [1.29, 1.82) is 0 Å². The maximum Gasteiger partial charge on any atom is 0.119 e. The topological polar surface area (TPSA) is 18.5 Å². The Kier molecular flexibility index (Phi) is 3.72. The summed E-state index contributed by atoms with van der Waals surface area (Å²) in [5.41, 5.74) is 2.38. The summed E-state index contributed by atoms with van der Waals surface area (Å²) in [5.74, 6) is 1.32. The van der Waals surface area contributed by atoms with Crippen LogP contribution in [0.5, 0.6) is 5.75 Å². The largest absolute Gasteiger partial charge is 0.497 e. The van der Waals surface area contributed by atoms with E-state index < -0.39 is 0 Å². The lowest BCUT2D eigenvalue weighted by Crippen LogP contribution is -2.09. The summed E-state index contributed by atoms with van der Waals surface area (Å²) < 4.78 is 10.6. The van der Waals surface area contributed by atoms with Gasteiger partial charge in [-0.05, 0) is 36.6 Å². The number of ether oxygens (including phenoxy) is 2. The highest BCUT2D eigenvalue weighted by atomic mass is 35.5. The smallest absolute Gasteiger partial charge is 0.119 e. The lowest BCUT2D eigenvalue weighted by Gasteiger charge is -2.18. The minimum absolute atomic E-state index is 0.0495. The number of halogens is 1. The van der Waals surface area contributed by atoms with Gasteiger partial charge in [0.05, 0.1) is 19.1 Å². The molecule has 1 saturated heterocycles. The van der Waals surface area contributed by atoms with Crippen LogP contribution in [-0.2, 0) is 4.74 Å². The van der Waals surface area contributed by atoms with Crippen molar-refractivity contribution in [3.8, 4) is 5.75 Å². The van der Waals surface area contributed by atoms with Crippen LogP contribution in [0.15, 0.2) is 18.2 Å². The van der Waals surface area contributed by atoms with Crippen LogP contribution < -0.4 is 4.74 Å². The summed E-state index contributed by atoms with van der Waals surface area (Å²) >= 11 is 6.49. The Morgan fingerprint density at radius 3 is 2.88 bits per heavy atom. The zero-order chi connectivity index (χ0) is 11.5. The van der Waals surface area contributed by atoms with Crippen LogP contribution in [0.4, 0.5) is 0 Å². The molecule has 0 N–H and O–H groups in total. The second-order valence-electron chi connectivity index (χ2n) is 4.25. The second-order valence-corrected chi connectivity index (χ2v) is 4.72. The number of hydrogen-bond donors (Lipinski definition) is 0. The maximum absolute atomic E-state index is 6.49. The fraction of sp³-hybridized carbons (Fsp3) is 0.538. The molecule has 0 radical (unpaired) electrons. The van der Waals surface area contributed by atoms with Gasteiger partial charge in [-0.3, -0.25) is 0 Å². The van der Waals surface area contributed by atoms with E-state index in [2.05, 4.69) is 13.0 Å². The quantitative estimate of drug-likeness (QED) is 0.755. The average molecular weight is 241 g/mol. The van der Waals surface area contributed by atoms with Gasteiger partial charge >= 0.3 is 0 Å². The average Bonchev–Trinajstić information content (AvgIpc) is 2.81. The molecule has 16 heavy (non-hydrogen) atoms. The summed E-state index contributed by atoms with van der Waals surface area (Å²) in [5, 5.41) is 0.0495. The third-order valence-electron chi connectivity index (χ3n) is 3.15. The molecular formula is C13H17ClO2. The van der Waals surface area contributed by atoms with Crippen molar-refractivity contribution in [2.45, 2.75) is 18.7 Å². The number of methoxy groups -OCH3 is 1. The summed E-state index contributed by atoms with van der Waals surface area (Å²) in [6, 6.07) is 6.05. The fourth-order valence-corrected chi connectivity index (χ4v) is 2.57. The van der Waals surface area contributed by atoms with Crippen LogP contribution in [0.2, 0.25) is 0 Å². The number of hydrogen-bond acceptors (Lipinski definition) is 2. The van der Waals surface area contributed by atoms with Crippen molar-refractivity contribution in [1.82, 2.24) is 0 Å². The predicted molar refractivity (Wildman–Crippen MR) is 65.3 cm³/mol. The van der Waals surface area contributed by atoms with E-state index in [4.69, 9.17) is 21.1 Å². The Morgan fingerprint density at radius 1 is 1.50 bits per heavy atom. The highest BCUT2D eigenvalue weighted by molar-refractivity contribution is 6.21. The molecule has 1 aliphatic heterocycles. The van der Waals surface area contributed by atoms with Gasteiger partial charge in [-0.25, -0.2) is 0 Å². The van der Waals surface area contributed by atoms with Gasteiger partial charge in [-0.1, -0.05) is 6.07 Å². The van der Waals surface area contributed by atoms with Gasteiger partial charge in [0.25, 0.3) is 0 Å². The lowest BCUT2D eigenvalue weighted by atomic mass is 9.95. The fourth-order valence-electron chi connectivity index (χ4n) is 2.12. The standard InChI is InChI=1S/C13H17ClO2/c1-9-7-11(15-2)3-4-12(9)13(14)10-5-6-16-8-10/h3-4,7,10,13H,5-6,8H2,1-2H3. The zero-order valence-electron chi connectivity index (χ0n) is 9.70. The van der Waals surface area contributed by atoms with E-state index in [1.807, 2.05) is 12.1 Å². The van der Waals surface area contributed by atoms with E-state index in [0.717, 1.165) is 25.4 Å². The van der Waals surface area contributed by atoms with E-state index in [0.29, 0.717) is 5.92 Å². The van der Waals surface area contributed by atoms with Crippen LogP contribution in [0, 0.1) is 12.8 Å². The molecule has 0 aromatic heterocycles. The molecule has 88 valence electrons. The Bertz CT molecular complexity index is 359. The summed E-state index contributed by atoms with van der Waals surface area (Å²) in [4.78, 5) is 0. The Labute approximate surface area is 102 Å². The van der Waals surface area contributed by atoms with E-state index in [9.17, 15) is 0 Å². The van der Waals surface area contributed by atoms with Crippen molar-refractivity contribution in [3.05, 3.63) is 29.3 Å². The predicted octanol–water partition coefficient (Wildman–Crippen LogP) is 3.32. The van der Waals surface area contributed by atoms with Crippen LogP contribution in [-0.4, -0.2) is 20.3 Å². The highest BCUT2D eigenvalue weighted by Gasteiger charge is 2.26. The molecule has 1 aromatic rings.